The van der Waals surface area contributed by atoms with Gasteiger partial charge in [-0.3, -0.25) is 4.68 Å². The minimum Gasteiger partial charge on any atom is -0.381 e. The third kappa shape index (κ3) is 6.62. The largest absolute Gasteiger partial charge is 0.381 e. The number of aryl methyl sites for hydroxylation is 1. The maximum atomic E-state index is 5.42. The van der Waals surface area contributed by atoms with Gasteiger partial charge in [-0.15, -0.1) is 24.0 Å². The summed E-state index contributed by atoms with van der Waals surface area (Å²) in [5, 5.41) is 7.42. The second-order valence-electron chi connectivity index (χ2n) is 5.74. The molecule has 1 aromatic rings. The Morgan fingerprint density at radius 1 is 1.48 bits per heavy atom. The number of rotatable bonds is 6. The normalized spacial score (nSPS) is 16.0. The molecule has 2 heterocycles. The Balaban J connectivity index is 0.00000264. The number of nitrogens with zero attached hydrogens (tertiary/aromatic N) is 5. The van der Waals surface area contributed by atoms with Crippen molar-refractivity contribution in [2.75, 3.05) is 33.4 Å². The number of aromatic nitrogens is 3. The van der Waals surface area contributed by atoms with Gasteiger partial charge in [-0.2, -0.15) is 5.10 Å². The minimum atomic E-state index is 0. The van der Waals surface area contributed by atoms with Gasteiger partial charge in [-0.25, -0.2) is 9.98 Å². The molecule has 2 rings (SSSR count). The molecule has 0 amide bonds. The predicted octanol–water partition coefficient (Wildman–Crippen LogP) is 1.65. The van der Waals surface area contributed by atoms with Gasteiger partial charge in [0.2, 0.25) is 0 Å². The van der Waals surface area contributed by atoms with Crippen molar-refractivity contribution in [2.45, 2.75) is 32.7 Å². The van der Waals surface area contributed by atoms with Gasteiger partial charge in [0.05, 0.1) is 0 Å². The quantitative estimate of drug-likeness (QED) is 0.417. The summed E-state index contributed by atoms with van der Waals surface area (Å²) in [6.07, 6.45) is 5.11. The highest BCUT2D eigenvalue weighted by atomic mass is 127. The van der Waals surface area contributed by atoms with Gasteiger partial charge in [-0.05, 0) is 32.1 Å². The Morgan fingerprint density at radius 2 is 2.22 bits per heavy atom. The van der Waals surface area contributed by atoms with Crippen LogP contribution in [-0.2, 0) is 18.3 Å². The van der Waals surface area contributed by atoms with Crippen LogP contribution in [0.15, 0.2) is 11.3 Å². The maximum Gasteiger partial charge on any atom is 0.194 e. The monoisotopic (exact) mass is 436 g/mol. The number of guanidine groups is 1. The van der Waals surface area contributed by atoms with E-state index in [2.05, 4.69) is 39.3 Å². The molecule has 0 aromatic carbocycles. The highest BCUT2D eigenvalue weighted by Crippen LogP contribution is 2.18. The van der Waals surface area contributed by atoms with E-state index in [4.69, 9.17) is 4.74 Å². The molecule has 0 bridgehead atoms. The van der Waals surface area contributed by atoms with E-state index in [0.717, 1.165) is 44.0 Å². The molecule has 0 saturated carbocycles. The fourth-order valence-electron chi connectivity index (χ4n) is 2.60. The first kappa shape index (κ1) is 20.1. The highest BCUT2D eigenvalue weighted by molar-refractivity contribution is 14.0. The first-order chi connectivity index (χ1) is 10.7. The Kier molecular flexibility index (Phi) is 9.46. The van der Waals surface area contributed by atoms with Crippen LogP contribution in [0.4, 0.5) is 0 Å². The van der Waals surface area contributed by atoms with Crippen molar-refractivity contribution in [3.63, 3.8) is 0 Å². The van der Waals surface area contributed by atoms with Crippen LogP contribution in [0.1, 0.15) is 32.0 Å². The van der Waals surface area contributed by atoms with E-state index in [-0.39, 0.29) is 24.0 Å². The molecule has 0 radical (unpaired) electrons. The van der Waals surface area contributed by atoms with Gasteiger partial charge in [0.25, 0.3) is 0 Å². The first-order valence-electron chi connectivity index (χ1n) is 8.10. The standard InChI is InChI=1S/C15H28N6O.HI/c1-4-16-15(17-11-14-18-12-19-21(14)3)20(2)8-5-13-6-9-22-10-7-13;/h12-13H,4-11H2,1-3H3,(H,16,17);1H. The Bertz CT molecular complexity index is 472. The van der Waals surface area contributed by atoms with Crippen molar-refractivity contribution in [1.29, 1.82) is 0 Å². The van der Waals surface area contributed by atoms with Gasteiger partial charge in [0.15, 0.2) is 5.96 Å². The summed E-state index contributed by atoms with van der Waals surface area (Å²) in [5.41, 5.74) is 0. The Morgan fingerprint density at radius 3 is 2.83 bits per heavy atom. The van der Waals surface area contributed by atoms with Crippen LogP contribution in [0.2, 0.25) is 0 Å². The second-order valence-corrected chi connectivity index (χ2v) is 5.74. The number of nitrogens with one attached hydrogen (secondary N) is 1. The third-order valence-corrected chi connectivity index (χ3v) is 4.09. The van der Waals surface area contributed by atoms with Gasteiger partial charge in [-0.1, -0.05) is 0 Å². The lowest BCUT2D eigenvalue weighted by atomic mass is 9.96. The van der Waals surface area contributed by atoms with Crippen molar-refractivity contribution in [1.82, 2.24) is 25.0 Å². The zero-order valence-electron chi connectivity index (χ0n) is 14.4. The molecule has 1 aromatic heterocycles. The van der Waals surface area contributed by atoms with E-state index in [1.165, 1.54) is 19.3 Å². The summed E-state index contributed by atoms with van der Waals surface area (Å²) >= 11 is 0. The molecule has 1 aliphatic heterocycles. The van der Waals surface area contributed by atoms with Gasteiger partial charge in [0.1, 0.15) is 18.7 Å². The molecule has 23 heavy (non-hydrogen) atoms. The zero-order chi connectivity index (χ0) is 15.8. The smallest absolute Gasteiger partial charge is 0.194 e. The molecule has 0 unspecified atom stereocenters. The fourth-order valence-corrected chi connectivity index (χ4v) is 2.60. The number of halogens is 1. The molecule has 1 N–H and O–H groups in total. The van der Waals surface area contributed by atoms with Crippen LogP contribution in [-0.4, -0.2) is 59.0 Å². The number of ether oxygens (including phenoxy) is 1. The van der Waals surface area contributed by atoms with Crippen LogP contribution in [0.5, 0.6) is 0 Å². The Hall–Kier alpha value is -0.900. The highest BCUT2D eigenvalue weighted by Gasteiger charge is 2.15. The molecular weight excluding hydrogens is 407 g/mol. The van der Waals surface area contributed by atoms with Gasteiger partial charge in [0, 0.05) is 40.4 Å². The maximum absolute atomic E-state index is 5.42. The van der Waals surface area contributed by atoms with E-state index in [9.17, 15) is 0 Å². The van der Waals surface area contributed by atoms with Crippen LogP contribution >= 0.6 is 24.0 Å². The summed E-state index contributed by atoms with van der Waals surface area (Å²) in [7, 11) is 3.98. The van der Waals surface area contributed by atoms with Crippen molar-refractivity contribution >= 4 is 29.9 Å². The van der Waals surface area contributed by atoms with Gasteiger partial charge >= 0.3 is 0 Å². The molecule has 1 aliphatic rings. The summed E-state index contributed by atoms with van der Waals surface area (Å²) in [6, 6.07) is 0. The minimum absolute atomic E-state index is 0. The van der Waals surface area contributed by atoms with Crippen LogP contribution in [0, 0.1) is 5.92 Å². The summed E-state index contributed by atoms with van der Waals surface area (Å²) in [6.45, 7) is 6.32. The summed E-state index contributed by atoms with van der Waals surface area (Å²) in [4.78, 5) is 11.1. The molecule has 132 valence electrons. The van der Waals surface area contributed by atoms with Crippen LogP contribution < -0.4 is 5.32 Å². The summed E-state index contributed by atoms with van der Waals surface area (Å²) < 4.78 is 7.18. The zero-order valence-corrected chi connectivity index (χ0v) is 16.7. The lowest BCUT2D eigenvalue weighted by Gasteiger charge is -2.26. The average molecular weight is 436 g/mol. The fraction of sp³-hybridized carbons (Fsp3) is 0.800. The molecule has 0 atom stereocenters. The summed E-state index contributed by atoms with van der Waals surface area (Å²) in [5.74, 6) is 2.57. The third-order valence-electron chi connectivity index (χ3n) is 4.09. The molecule has 8 heteroatoms. The molecule has 0 spiro atoms. The van der Waals surface area contributed by atoms with Crippen LogP contribution in [0.3, 0.4) is 0 Å². The van der Waals surface area contributed by atoms with Crippen molar-refractivity contribution in [3.8, 4) is 0 Å². The number of hydrogen-bond acceptors (Lipinski definition) is 4. The van der Waals surface area contributed by atoms with E-state index in [1.54, 1.807) is 11.0 Å². The van der Waals surface area contributed by atoms with Crippen molar-refractivity contribution < 1.29 is 4.74 Å². The molecule has 1 fully saturated rings. The van der Waals surface area contributed by atoms with Crippen molar-refractivity contribution in [3.05, 3.63) is 12.2 Å². The van der Waals surface area contributed by atoms with E-state index in [0.29, 0.717) is 6.54 Å². The van der Waals surface area contributed by atoms with Gasteiger partial charge < -0.3 is 15.0 Å². The topological polar surface area (TPSA) is 67.6 Å². The van der Waals surface area contributed by atoms with E-state index < -0.39 is 0 Å². The molecule has 7 nitrogen and oxygen atoms in total. The number of aliphatic imine (C=N–C) groups is 1. The van der Waals surface area contributed by atoms with E-state index >= 15 is 0 Å². The molecule has 0 aliphatic carbocycles. The Labute approximate surface area is 155 Å². The predicted molar refractivity (Wildman–Crippen MR) is 102 cm³/mol. The molecular formula is C15H29IN6O. The SMILES string of the molecule is CCNC(=NCc1ncnn1C)N(C)CCC1CCOCC1.I. The second kappa shape index (κ2) is 10.8. The number of hydrogen-bond donors (Lipinski definition) is 1. The lowest BCUT2D eigenvalue weighted by molar-refractivity contribution is 0.0625. The average Bonchev–Trinajstić information content (AvgIpc) is 2.95. The van der Waals surface area contributed by atoms with Crippen molar-refractivity contribution in [2.24, 2.45) is 18.0 Å². The molecule has 1 saturated heterocycles. The van der Waals surface area contributed by atoms with Crippen LogP contribution in [0.25, 0.3) is 0 Å². The first-order valence-corrected chi connectivity index (χ1v) is 8.10. The van der Waals surface area contributed by atoms with E-state index in [1.807, 2.05) is 7.05 Å². The lowest BCUT2D eigenvalue weighted by Crippen LogP contribution is -2.40.